The number of benzene rings is 1. The van der Waals surface area contributed by atoms with E-state index in [0.29, 0.717) is 6.04 Å². The molecular weight excluding hydrogens is 423 g/mol. The number of morpholine rings is 1. The predicted molar refractivity (Wildman–Crippen MR) is 122 cm³/mol. The number of nitrogens with one attached hydrogen (secondary N) is 1. The van der Waals surface area contributed by atoms with Gasteiger partial charge in [-0.2, -0.15) is 0 Å². The second-order valence-corrected chi connectivity index (χ2v) is 9.15. The molecule has 4 heterocycles. The molecule has 0 unspecified atom stereocenters. The van der Waals surface area contributed by atoms with Crippen molar-refractivity contribution < 1.29 is 9.53 Å². The van der Waals surface area contributed by atoms with Gasteiger partial charge in [-0.3, -0.25) is 14.6 Å². The van der Waals surface area contributed by atoms with E-state index < -0.39 is 0 Å². The SMILES string of the molecule is Cl.Cl.N[C@@H]1CN2CCCC[C@@]2(C(=O)N[C@@H]2C[C@H]3CO[C@@H](c4ccccc4)CN3C2)C1. The average Bonchev–Trinajstić information content (AvgIpc) is 3.27. The highest BCUT2D eigenvalue weighted by atomic mass is 35.5. The van der Waals surface area contributed by atoms with Crippen LogP contribution in [-0.4, -0.2) is 72.2 Å². The molecule has 1 aromatic carbocycles. The van der Waals surface area contributed by atoms with Crippen molar-refractivity contribution in [1.29, 1.82) is 0 Å². The van der Waals surface area contributed by atoms with E-state index in [1.807, 2.05) is 6.07 Å². The number of ether oxygens (including phenoxy) is 1. The molecule has 8 heteroatoms. The van der Waals surface area contributed by atoms with Crippen LogP contribution in [0.1, 0.15) is 43.8 Å². The average molecular weight is 457 g/mol. The molecule has 0 radical (unpaired) electrons. The van der Waals surface area contributed by atoms with Crippen LogP contribution in [0.5, 0.6) is 0 Å². The molecule has 0 spiro atoms. The molecule has 4 aliphatic heterocycles. The van der Waals surface area contributed by atoms with Gasteiger partial charge in [0.25, 0.3) is 0 Å². The first kappa shape index (κ1) is 23.8. The van der Waals surface area contributed by atoms with Crippen LogP contribution in [0.25, 0.3) is 0 Å². The Hall–Kier alpha value is -0.890. The molecule has 4 saturated heterocycles. The number of nitrogens with two attached hydrogens (primary N) is 1. The Labute approximate surface area is 191 Å². The van der Waals surface area contributed by atoms with Gasteiger partial charge in [0.15, 0.2) is 0 Å². The summed E-state index contributed by atoms with van der Waals surface area (Å²) in [6.45, 7) is 4.44. The fourth-order valence-electron chi connectivity index (χ4n) is 5.89. The molecule has 4 fully saturated rings. The summed E-state index contributed by atoms with van der Waals surface area (Å²) in [5.74, 6) is 0.213. The van der Waals surface area contributed by atoms with Gasteiger partial charge in [0.2, 0.25) is 5.91 Å². The van der Waals surface area contributed by atoms with Crippen LogP contribution in [-0.2, 0) is 9.53 Å². The maximum absolute atomic E-state index is 13.3. The molecule has 168 valence electrons. The third-order valence-corrected chi connectivity index (χ3v) is 7.28. The Kier molecular flexibility index (Phi) is 7.70. The first-order valence-electron chi connectivity index (χ1n) is 10.9. The second-order valence-electron chi connectivity index (χ2n) is 9.15. The Morgan fingerprint density at radius 3 is 2.73 bits per heavy atom. The zero-order chi connectivity index (χ0) is 19.1. The summed E-state index contributed by atoms with van der Waals surface area (Å²) >= 11 is 0. The van der Waals surface area contributed by atoms with Crippen molar-refractivity contribution in [3.8, 4) is 0 Å². The van der Waals surface area contributed by atoms with Gasteiger partial charge in [-0.15, -0.1) is 24.8 Å². The Bertz CT molecular complexity index is 724. The normalized spacial score (nSPS) is 36.2. The maximum atomic E-state index is 13.3. The lowest BCUT2D eigenvalue weighted by atomic mass is 9.84. The quantitative estimate of drug-likeness (QED) is 0.728. The van der Waals surface area contributed by atoms with E-state index in [2.05, 4.69) is 39.4 Å². The molecule has 30 heavy (non-hydrogen) atoms. The van der Waals surface area contributed by atoms with Crippen molar-refractivity contribution in [2.45, 2.75) is 61.9 Å². The van der Waals surface area contributed by atoms with Crippen molar-refractivity contribution in [3.05, 3.63) is 35.9 Å². The Morgan fingerprint density at radius 1 is 1.13 bits per heavy atom. The second kappa shape index (κ2) is 9.72. The Morgan fingerprint density at radius 2 is 1.93 bits per heavy atom. The molecule has 1 amide bonds. The number of carbonyl (C=O) groups is 1. The maximum Gasteiger partial charge on any atom is 0.240 e. The zero-order valence-corrected chi connectivity index (χ0v) is 19.0. The highest BCUT2D eigenvalue weighted by Crippen LogP contribution is 2.38. The number of carbonyl (C=O) groups excluding carboxylic acids is 1. The summed E-state index contributed by atoms with van der Waals surface area (Å²) in [6.07, 6.45) is 5.17. The van der Waals surface area contributed by atoms with Gasteiger partial charge in [0, 0.05) is 37.8 Å². The third-order valence-electron chi connectivity index (χ3n) is 7.28. The van der Waals surface area contributed by atoms with Crippen molar-refractivity contribution in [1.82, 2.24) is 15.1 Å². The fourth-order valence-corrected chi connectivity index (χ4v) is 5.89. The van der Waals surface area contributed by atoms with Gasteiger partial charge in [-0.05, 0) is 44.2 Å². The number of hydrogen-bond acceptors (Lipinski definition) is 5. The van der Waals surface area contributed by atoms with Crippen LogP contribution in [0.4, 0.5) is 0 Å². The van der Waals surface area contributed by atoms with E-state index in [1.165, 1.54) is 12.0 Å². The molecular formula is C22H34Cl2N4O2. The summed E-state index contributed by atoms with van der Waals surface area (Å²) in [7, 11) is 0. The summed E-state index contributed by atoms with van der Waals surface area (Å²) in [6, 6.07) is 11.2. The summed E-state index contributed by atoms with van der Waals surface area (Å²) in [5, 5.41) is 3.41. The van der Waals surface area contributed by atoms with E-state index in [4.69, 9.17) is 10.5 Å². The number of amides is 1. The number of nitrogens with zero attached hydrogens (tertiary/aromatic N) is 2. The molecule has 5 atom stereocenters. The number of rotatable bonds is 3. The highest BCUT2D eigenvalue weighted by molar-refractivity contribution is 5.87. The molecule has 0 saturated carbocycles. The number of hydrogen-bond donors (Lipinski definition) is 2. The molecule has 0 aliphatic carbocycles. The van der Waals surface area contributed by atoms with E-state index in [0.717, 1.165) is 58.5 Å². The van der Waals surface area contributed by atoms with Crippen LogP contribution >= 0.6 is 24.8 Å². The first-order chi connectivity index (χ1) is 13.6. The van der Waals surface area contributed by atoms with Gasteiger partial charge in [-0.25, -0.2) is 0 Å². The van der Waals surface area contributed by atoms with Crippen molar-refractivity contribution >= 4 is 30.7 Å². The minimum atomic E-state index is -0.357. The minimum Gasteiger partial charge on any atom is -0.371 e. The molecule has 6 nitrogen and oxygen atoms in total. The lowest BCUT2D eigenvalue weighted by Gasteiger charge is -2.41. The lowest BCUT2D eigenvalue weighted by molar-refractivity contribution is -0.134. The largest absolute Gasteiger partial charge is 0.371 e. The standard InChI is InChI=1S/C22H32N4O2.2ClH/c23-17-11-22(8-4-5-9-26(22)12-17)21(27)24-18-10-19-15-28-20(14-25(19)13-18)16-6-2-1-3-7-16;;/h1-3,6-7,17-20H,4-5,8-15,23H2,(H,24,27);2*1H/t17-,18+,19-,20+,22-;;/m0../s1. The molecule has 0 bridgehead atoms. The van der Waals surface area contributed by atoms with Gasteiger partial charge < -0.3 is 15.8 Å². The van der Waals surface area contributed by atoms with E-state index in [9.17, 15) is 4.79 Å². The predicted octanol–water partition coefficient (Wildman–Crippen LogP) is 2.12. The van der Waals surface area contributed by atoms with Crippen molar-refractivity contribution in [2.75, 3.05) is 32.8 Å². The zero-order valence-electron chi connectivity index (χ0n) is 17.4. The molecule has 3 N–H and O–H groups in total. The third kappa shape index (κ3) is 4.36. The van der Waals surface area contributed by atoms with Gasteiger partial charge in [-0.1, -0.05) is 30.3 Å². The van der Waals surface area contributed by atoms with Gasteiger partial charge >= 0.3 is 0 Å². The van der Waals surface area contributed by atoms with Crippen LogP contribution in [0, 0.1) is 0 Å². The molecule has 4 aliphatic rings. The molecule has 5 rings (SSSR count). The molecule has 1 aromatic rings. The summed E-state index contributed by atoms with van der Waals surface area (Å²) in [5.41, 5.74) is 7.13. The van der Waals surface area contributed by atoms with Gasteiger partial charge in [0.05, 0.1) is 12.7 Å². The summed E-state index contributed by atoms with van der Waals surface area (Å²) < 4.78 is 6.15. The van der Waals surface area contributed by atoms with Crippen LogP contribution in [0.2, 0.25) is 0 Å². The van der Waals surface area contributed by atoms with Gasteiger partial charge in [0.1, 0.15) is 5.54 Å². The van der Waals surface area contributed by atoms with Crippen LogP contribution in [0.3, 0.4) is 0 Å². The smallest absolute Gasteiger partial charge is 0.240 e. The number of halogens is 2. The fraction of sp³-hybridized carbons (Fsp3) is 0.682. The van der Waals surface area contributed by atoms with Crippen LogP contribution in [0.15, 0.2) is 30.3 Å². The van der Waals surface area contributed by atoms with Crippen molar-refractivity contribution in [2.24, 2.45) is 5.73 Å². The first-order valence-corrected chi connectivity index (χ1v) is 10.9. The van der Waals surface area contributed by atoms with E-state index in [1.54, 1.807) is 0 Å². The van der Waals surface area contributed by atoms with Crippen molar-refractivity contribution in [3.63, 3.8) is 0 Å². The number of fused-ring (bicyclic) bond motifs is 2. The highest BCUT2D eigenvalue weighted by Gasteiger charge is 2.52. The lowest BCUT2D eigenvalue weighted by Crippen LogP contribution is -2.59. The molecule has 0 aromatic heterocycles. The van der Waals surface area contributed by atoms with E-state index >= 15 is 0 Å². The number of piperidine rings is 1. The van der Waals surface area contributed by atoms with E-state index in [-0.39, 0.29) is 54.4 Å². The Balaban J connectivity index is 0.00000128. The summed E-state index contributed by atoms with van der Waals surface area (Å²) in [4.78, 5) is 18.2. The monoisotopic (exact) mass is 456 g/mol. The topological polar surface area (TPSA) is 70.8 Å². The minimum absolute atomic E-state index is 0. The van der Waals surface area contributed by atoms with Crippen LogP contribution < -0.4 is 11.1 Å².